The van der Waals surface area contributed by atoms with E-state index in [0.29, 0.717) is 13.1 Å². The summed E-state index contributed by atoms with van der Waals surface area (Å²) in [5, 5.41) is 2.95. The zero-order valence-electron chi connectivity index (χ0n) is 12.9. The summed E-state index contributed by atoms with van der Waals surface area (Å²) in [5.41, 5.74) is 5.45. The fraction of sp³-hybridized carbons (Fsp3) is 0.938. The summed E-state index contributed by atoms with van der Waals surface area (Å²) in [5.74, 6) is 1.33. The number of nitrogens with two attached hydrogens (primary N) is 1. The van der Waals surface area contributed by atoms with E-state index < -0.39 is 0 Å². The van der Waals surface area contributed by atoms with Crippen LogP contribution >= 0.6 is 0 Å². The minimum atomic E-state index is 0.180. The molecule has 0 unspecified atom stereocenters. The molecule has 2 aliphatic rings. The average Bonchev–Trinajstić information content (AvgIpc) is 2.52. The molecule has 1 aliphatic heterocycles. The molecule has 2 fully saturated rings. The van der Waals surface area contributed by atoms with E-state index in [1.807, 2.05) is 0 Å². The van der Waals surface area contributed by atoms with Crippen molar-refractivity contribution in [3.63, 3.8) is 0 Å². The Morgan fingerprint density at radius 3 is 2.65 bits per heavy atom. The monoisotopic (exact) mass is 281 g/mol. The summed E-state index contributed by atoms with van der Waals surface area (Å²) in [6.45, 7) is 5.59. The van der Waals surface area contributed by atoms with Crippen LogP contribution < -0.4 is 11.1 Å². The third-order valence-corrected chi connectivity index (χ3v) is 5.18. The molecule has 0 aromatic carbocycles. The van der Waals surface area contributed by atoms with Crippen LogP contribution in [0.2, 0.25) is 0 Å². The Bertz CT molecular complexity index is 300. The quantitative estimate of drug-likeness (QED) is 0.807. The van der Waals surface area contributed by atoms with Gasteiger partial charge in [-0.1, -0.05) is 13.3 Å². The lowest BCUT2D eigenvalue weighted by atomic mass is 9.83. The maximum absolute atomic E-state index is 12.1. The second kappa shape index (κ2) is 7.99. The highest BCUT2D eigenvalue weighted by Gasteiger charge is 2.31. The molecule has 4 nitrogen and oxygen atoms in total. The van der Waals surface area contributed by atoms with E-state index in [1.165, 1.54) is 38.6 Å². The molecule has 2 rings (SSSR count). The number of carbonyl (C=O) groups excluding carboxylic acids is 1. The Hall–Kier alpha value is -0.610. The third kappa shape index (κ3) is 4.19. The molecule has 116 valence electrons. The van der Waals surface area contributed by atoms with Crippen molar-refractivity contribution in [1.82, 2.24) is 10.2 Å². The molecule has 0 bridgehead atoms. The van der Waals surface area contributed by atoms with Crippen LogP contribution in [-0.2, 0) is 4.79 Å². The van der Waals surface area contributed by atoms with E-state index in [-0.39, 0.29) is 11.8 Å². The van der Waals surface area contributed by atoms with E-state index in [4.69, 9.17) is 5.73 Å². The number of hydrogen-bond donors (Lipinski definition) is 2. The van der Waals surface area contributed by atoms with Crippen molar-refractivity contribution >= 4 is 5.91 Å². The van der Waals surface area contributed by atoms with E-state index in [0.717, 1.165) is 31.3 Å². The standard InChI is InChI=1S/C16H31N3O/c1-2-13-5-7-15(8-6-13)19-11-3-4-14(12-19)16(20)18-10-9-17/h13-15H,2-12,17H2,1H3,(H,18,20)/t13?,14-,15?/m0/s1. The van der Waals surface area contributed by atoms with Crippen LogP contribution in [0.4, 0.5) is 0 Å². The maximum Gasteiger partial charge on any atom is 0.224 e. The number of carbonyl (C=O) groups is 1. The van der Waals surface area contributed by atoms with Crippen molar-refractivity contribution in [2.45, 2.75) is 57.9 Å². The Morgan fingerprint density at radius 1 is 1.25 bits per heavy atom. The van der Waals surface area contributed by atoms with Crippen LogP contribution in [0.25, 0.3) is 0 Å². The summed E-state index contributed by atoms with van der Waals surface area (Å²) in [7, 11) is 0. The zero-order chi connectivity index (χ0) is 14.4. The molecular formula is C16H31N3O. The predicted octanol–water partition coefficient (Wildman–Crippen LogP) is 1.74. The van der Waals surface area contributed by atoms with Crippen LogP contribution in [0.5, 0.6) is 0 Å². The maximum atomic E-state index is 12.1. The molecule has 0 spiro atoms. The van der Waals surface area contributed by atoms with Gasteiger partial charge in [0.1, 0.15) is 0 Å². The first-order valence-electron chi connectivity index (χ1n) is 8.46. The number of piperidine rings is 1. The molecule has 1 saturated heterocycles. The Morgan fingerprint density at radius 2 is 2.00 bits per heavy atom. The van der Waals surface area contributed by atoms with Gasteiger partial charge in [0, 0.05) is 25.7 Å². The fourth-order valence-corrected chi connectivity index (χ4v) is 3.81. The zero-order valence-corrected chi connectivity index (χ0v) is 12.9. The average molecular weight is 281 g/mol. The van der Waals surface area contributed by atoms with Gasteiger partial charge in [0.15, 0.2) is 0 Å². The summed E-state index contributed by atoms with van der Waals surface area (Å²) in [6, 6.07) is 0.725. The minimum Gasteiger partial charge on any atom is -0.355 e. The van der Waals surface area contributed by atoms with Gasteiger partial charge in [-0.2, -0.15) is 0 Å². The van der Waals surface area contributed by atoms with Gasteiger partial charge in [-0.15, -0.1) is 0 Å². The van der Waals surface area contributed by atoms with E-state index in [2.05, 4.69) is 17.1 Å². The number of nitrogens with zero attached hydrogens (tertiary/aromatic N) is 1. The first-order valence-corrected chi connectivity index (χ1v) is 8.46. The number of nitrogens with one attached hydrogen (secondary N) is 1. The third-order valence-electron chi connectivity index (χ3n) is 5.18. The lowest BCUT2D eigenvalue weighted by Gasteiger charge is -2.41. The Kier molecular flexibility index (Phi) is 6.30. The lowest BCUT2D eigenvalue weighted by Crippen LogP contribution is -2.48. The van der Waals surface area contributed by atoms with E-state index in [1.54, 1.807) is 0 Å². The molecule has 20 heavy (non-hydrogen) atoms. The highest BCUT2D eigenvalue weighted by atomic mass is 16.1. The highest BCUT2D eigenvalue weighted by Crippen LogP contribution is 2.31. The van der Waals surface area contributed by atoms with E-state index >= 15 is 0 Å². The Balaban J connectivity index is 1.80. The van der Waals surface area contributed by atoms with Gasteiger partial charge in [-0.3, -0.25) is 9.69 Å². The second-order valence-electron chi connectivity index (χ2n) is 6.50. The molecule has 1 aliphatic carbocycles. The largest absolute Gasteiger partial charge is 0.355 e. The van der Waals surface area contributed by atoms with Gasteiger partial charge < -0.3 is 11.1 Å². The van der Waals surface area contributed by atoms with Gasteiger partial charge >= 0.3 is 0 Å². The molecule has 4 heteroatoms. The van der Waals surface area contributed by atoms with Crippen molar-refractivity contribution < 1.29 is 4.79 Å². The molecular weight excluding hydrogens is 250 g/mol. The molecule has 0 aromatic rings. The van der Waals surface area contributed by atoms with Gasteiger partial charge in [0.05, 0.1) is 5.92 Å². The van der Waals surface area contributed by atoms with Gasteiger partial charge in [-0.25, -0.2) is 0 Å². The van der Waals surface area contributed by atoms with Crippen molar-refractivity contribution in [2.75, 3.05) is 26.2 Å². The van der Waals surface area contributed by atoms with Crippen molar-refractivity contribution in [1.29, 1.82) is 0 Å². The van der Waals surface area contributed by atoms with Crippen LogP contribution in [-0.4, -0.2) is 43.0 Å². The molecule has 1 atom stereocenters. The number of likely N-dealkylation sites (tertiary alicyclic amines) is 1. The van der Waals surface area contributed by atoms with E-state index in [9.17, 15) is 4.79 Å². The van der Waals surface area contributed by atoms with Crippen molar-refractivity contribution in [2.24, 2.45) is 17.6 Å². The smallest absolute Gasteiger partial charge is 0.224 e. The molecule has 0 aromatic heterocycles. The van der Waals surface area contributed by atoms with Crippen LogP contribution in [0, 0.1) is 11.8 Å². The summed E-state index contributed by atoms with van der Waals surface area (Å²) >= 11 is 0. The molecule has 3 N–H and O–H groups in total. The number of amides is 1. The van der Waals surface area contributed by atoms with Crippen LogP contribution in [0.3, 0.4) is 0 Å². The highest BCUT2D eigenvalue weighted by molar-refractivity contribution is 5.78. The topological polar surface area (TPSA) is 58.4 Å². The summed E-state index contributed by atoms with van der Waals surface area (Å²) < 4.78 is 0. The summed E-state index contributed by atoms with van der Waals surface area (Å²) in [6.07, 6.45) is 8.94. The molecule has 0 radical (unpaired) electrons. The van der Waals surface area contributed by atoms with Crippen molar-refractivity contribution in [3.05, 3.63) is 0 Å². The van der Waals surface area contributed by atoms with Crippen LogP contribution in [0.15, 0.2) is 0 Å². The van der Waals surface area contributed by atoms with Gasteiger partial charge in [0.2, 0.25) is 5.91 Å². The SMILES string of the molecule is CCC1CCC(N2CCC[C@H](C(=O)NCCN)C2)CC1. The Labute approximate surface area is 123 Å². The lowest BCUT2D eigenvalue weighted by molar-refractivity contribution is -0.127. The van der Waals surface area contributed by atoms with Crippen molar-refractivity contribution in [3.8, 4) is 0 Å². The predicted molar refractivity (Wildman–Crippen MR) is 82.4 cm³/mol. The first kappa shape index (κ1) is 15.8. The van der Waals surface area contributed by atoms with Crippen LogP contribution in [0.1, 0.15) is 51.9 Å². The van der Waals surface area contributed by atoms with Gasteiger partial charge in [-0.05, 0) is 51.0 Å². The molecule has 1 saturated carbocycles. The minimum absolute atomic E-state index is 0.180. The first-order chi connectivity index (χ1) is 9.74. The molecule has 1 heterocycles. The number of hydrogen-bond acceptors (Lipinski definition) is 3. The summed E-state index contributed by atoms with van der Waals surface area (Å²) in [4.78, 5) is 14.7. The molecule has 1 amide bonds. The second-order valence-corrected chi connectivity index (χ2v) is 6.50. The number of rotatable bonds is 5. The normalized spacial score (nSPS) is 32.0. The van der Waals surface area contributed by atoms with Gasteiger partial charge in [0.25, 0.3) is 0 Å². The fourth-order valence-electron chi connectivity index (χ4n) is 3.81.